The van der Waals surface area contributed by atoms with Crippen molar-refractivity contribution < 1.29 is 28.9 Å². The number of aromatic nitrogens is 4. The monoisotopic (exact) mass is 744 g/mol. The van der Waals surface area contributed by atoms with E-state index in [1.54, 1.807) is 28.8 Å². The number of fused-ring (bicyclic) bond motifs is 1. The summed E-state index contributed by atoms with van der Waals surface area (Å²) in [6, 6.07) is 47.8. The smallest absolute Gasteiger partial charge is 0.425 e. The first-order chi connectivity index (χ1) is 27.4. The van der Waals surface area contributed by atoms with Crippen LogP contribution in [0, 0.1) is 0 Å². The number of aliphatic hydroxyl groups excluding tert-OH is 1. The minimum Gasteiger partial charge on any atom is -0.508 e. The zero-order chi connectivity index (χ0) is 38.5. The number of nitrogens with zero attached hydrogens (tertiary/aromatic N) is 5. The number of hydrogen-bond acceptors (Lipinski definition) is 9. The van der Waals surface area contributed by atoms with Crippen LogP contribution < -0.4 is 15.0 Å². The minimum atomic E-state index is -1.05. The summed E-state index contributed by atoms with van der Waals surface area (Å²) in [6.45, 7) is 1.23. The Morgan fingerprint density at radius 3 is 1.79 bits per heavy atom. The van der Waals surface area contributed by atoms with E-state index in [0.29, 0.717) is 11.4 Å². The number of amides is 2. The van der Waals surface area contributed by atoms with Gasteiger partial charge in [0, 0.05) is 6.92 Å². The van der Waals surface area contributed by atoms with E-state index in [9.17, 15) is 14.7 Å². The second kappa shape index (κ2) is 15.6. The molecule has 0 radical (unpaired) electrons. The zero-order valence-electron chi connectivity index (χ0n) is 30.2. The van der Waals surface area contributed by atoms with Crippen molar-refractivity contribution in [2.75, 3.05) is 16.8 Å². The molecule has 1 aliphatic rings. The molecular formula is C44H36N6O6. The van der Waals surface area contributed by atoms with Crippen LogP contribution in [-0.2, 0) is 19.9 Å². The van der Waals surface area contributed by atoms with Crippen LogP contribution >= 0.6 is 0 Å². The Balaban J connectivity index is 1.11. The van der Waals surface area contributed by atoms with Gasteiger partial charge in [0.1, 0.15) is 24.3 Å². The first-order valence-electron chi connectivity index (χ1n) is 17.9. The summed E-state index contributed by atoms with van der Waals surface area (Å²) < 4.78 is 20.8. The molecule has 7 aromatic rings. The van der Waals surface area contributed by atoms with Crippen LogP contribution in [0.2, 0.25) is 0 Å². The van der Waals surface area contributed by atoms with E-state index in [-0.39, 0.29) is 47.5 Å². The number of anilines is 3. The van der Waals surface area contributed by atoms with E-state index < -0.39 is 23.8 Å². The number of hydrogen-bond donors (Lipinski definition) is 2. The molecule has 0 spiro atoms. The van der Waals surface area contributed by atoms with Crippen LogP contribution in [0.3, 0.4) is 0 Å². The third-order valence-corrected chi connectivity index (χ3v) is 9.31. The molecule has 1 atom stereocenters. The number of aliphatic hydroxyl groups is 1. The molecule has 5 aromatic carbocycles. The summed E-state index contributed by atoms with van der Waals surface area (Å²) in [4.78, 5) is 40.9. The topological polar surface area (TPSA) is 141 Å². The first-order valence-corrected chi connectivity index (χ1v) is 17.9. The van der Waals surface area contributed by atoms with Gasteiger partial charge in [-0.05, 0) is 41.0 Å². The van der Waals surface area contributed by atoms with Crippen LogP contribution in [0.25, 0.3) is 11.2 Å². The molecule has 0 aliphatic carbocycles. The number of carbonyl (C=O) groups excluding carboxylic acids is 2. The van der Waals surface area contributed by atoms with Crippen LogP contribution in [0.1, 0.15) is 36.3 Å². The molecule has 278 valence electrons. The maximum atomic E-state index is 13.9. The van der Waals surface area contributed by atoms with E-state index in [4.69, 9.17) is 14.2 Å². The third-order valence-electron chi connectivity index (χ3n) is 9.31. The molecule has 3 heterocycles. The average Bonchev–Trinajstić information content (AvgIpc) is 3.83. The fourth-order valence-corrected chi connectivity index (χ4v) is 6.80. The van der Waals surface area contributed by atoms with E-state index in [2.05, 4.69) is 20.3 Å². The van der Waals surface area contributed by atoms with Gasteiger partial charge >= 0.3 is 6.09 Å². The summed E-state index contributed by atoms with van der Waals surface area (Å²) in [6.07, 6.45) is -0.0549. The molecule has 0 bridgehead atoms. The third kappa shape index (κ3) is 7.04. The minimum absolute atomic E-state index is 0.0101. The number of nitrogens with one attached hydrogen (secondary N) is 1. The number of para-hydroxylation sites is 2. The molecule has 2 amide bonds. The lowest BCUT2D eigenvalue weighted by Gasteiger charge is -2.36. The van der Waals surface area contributed by atoms with Gasteiger partial charge in [0.2, 0.25) is 11.9 Å². The van der Waals surface area contributed by atoms with Crippen molar-refractivity contribution in [1.82, 2.24) is 19.5 Å². The van der Waals surface area contributed by atoms with E-state index >= 15 is 0 Å². The maximum Gasteiger partial charge on any atom is 0.425 e. The van der Waals surface area contributed by atoms with Gasteiger partial charge in [-0.15, -0.1) is 0 Å². The van der Waals surface area contributed by atoms with Gasteiger partial charge in [-0.2, -0.15) is 9.97 Å². The van der Waals surface area contributed by atoms with Gasteiger partial charge in [-0.3, -0.25) is 14.7 Å². The Labute approximate surface area is 322 Å². The molecule has 56 heavy (non-hydrogen) atoms. The molecule has 12 nitrogen and oxygen atoms in total. The molecule has 0 saturated carbocycles. The number of ether oxygens (including phenoxy) is 3. The fraction of sp³-hybridized carbons (Fsp3) is 0.114. The van der Waals surface area contributed by atoms with Gasteiger partial charge < -0.3 is 19.3 Å². The Morgan fingerprint density at radius 2 is 1.29 bits per heavy atom. The number of carbonyl (C=O) groups is 2. The quantitative estimate of drug-likeness (QED) is 0.124. The first kappa shape index (κ1) is 35.7. The summed E-state index contributed by atoms with van der Waals surface area (Å²) in [5, 5.41) is 13.9. The summed E-state index contributed by atoms with van der Waals surface area (Å²) in [5.74, 6) is -0.510. The SMILES string of the molecule is CC(=O)Nc1nc(OC(=O)N(c2ccccc2)c2ccccc2)c2ncn([C@H]3CC(O)=C(COC(c4ccccc4)(c4ccccc4)c4ccccc4)O3)c2n1. The molecule has 1 aliphatic heterocycles. The predicted octanol–water partition coefficient (Wildman–Crippen LogP) is 8.82. The van der Waals surface area contributed by atoms with E-state index in [1.165, 1.54) is 18.2 Å². The Bertz CT molecular complexity index is 2360. The molecule has 0 unspecified atom stereocenters. The van der Waals surface area contributed by atoms with Crippen LogP contribution in [0.4, 0.5) is 22.1 Å². The van der Waals surface area contributed by atoms with Crippen LogP contribution in [0.15, 0.2) is 170 Å². The Hall–Kier alpha value is -7.31. The second-order valence-corrected chi connectivity index (χ2v) is 12.9. The predicted molar refractivity (Wildman–Crippen MR) is 210 cm³/mol. The van der Waals surface area contributed by atoms with E-state index in [0.717, 1.165) is 16.7 Å². The maximum absolute atomic E-state index is 13.9. The van der Waals surface area contributed by atoms with Crippen LogP contribution in [0.5, 0.6) is 5.88 Å². The Morgan fingerprint density at radius 1 is 0.786 bits per heavy atom. The van der Waals surface area contributed by atoms with Crippen molar-refractivity contribution >= 4 is 40.5 Å². The normalized spacial score (nSPS) is 14.0. The summed E-state index contributed by atoms with van der Waals surface area (Å²) in [5.41, 5.74) is 3.11. The van der Waals surface area contributed by atoms with Crippen molar-refractivity contribution in [2.45, 2.75) is 25.2 Å². The largest absolute Gasteiger partial charge is 0.508 e. The average molecular weight is 745 g/mol. The summed E-state index contributed by atoms with van der Waals surface area (Å²) >= 11 is 0. The van der Waals surface area contributed by atoms with Gasteiger partial charge in [-0.1, -0.05) is 127 Å². The Kier molecular flexibility index (Phi) is 9.93. The lowest BCUT2D eigenvalue weighted by molar-refractivity contribution is -0.114. The lowest BCUT2D eigenvalue weighted by Crippen LogP contribution is -2.33. The van der Waals surface area contributed by atoms with Crippen molar-refractivity contribution in [3.05, 3.63) is 186 Å². The summed E-state index contributed by atoms with van der Waals surface area (Å²) in [7, 11) is 0. The highest BCUT2D eigenvalue weighted by Crippen LogP contribution is 2.42. The molecular weight excluding hydrogens is 709 g/mol. The fourth-order valence-electron chi connectivity index (χ4n) is 6.80. The standard InChI is InChI=1S/C44H36N6O6/c1-30(51)46-42-47-40-39(41(48-42)56-43(53)50(34-23-13-5-14-24-34)35-25-15-6-16-26-35)45-29-49(40)38-27-36(52)37(55-38)28-54-44(31-17-7-2-8-18-31,32-19-9-3-10-20-32)33-21-11-4-12-22-33/h2-26,29,38,52H,27-28H2,1H3,(H,46,47,48,51)/t38-/m1/s1. The highest BCUT2D eigenvalue weighted by molar-refractivity contribution is 5.98. The molecule has 0 saturated heterocycles. The van der Waals surface area contributed by atoms with Crippen molar-refractivity contribution in [1.29, 1.82) is 0 Å². The molecule has 8 rings (SSSR count). The van der Waals surface area contributed by atoms with Gasteiger partial charge in [0.15, 0.2) is 23.2 Å². The zero-order valence-corrected chi connectivity index (χ0v) is 30.2. The van der Waals surface area contributed by atoms with Crippen LogP contribution in [-0.4, -0.2) is 43.2 Å². The highest BCUT2D eigenvalue weighted by atomic mass is 16.6. The van der Waals surface area contributed by atoms with Crippen molar-refractivity contribution in [3.8, 4) is 5.88 Å². The molecule has 2 aromatic heterocycles. The number of benzene rings is 5. The van der Waals surface area contributed by atoms with Gasteiger partial charge in [0.25, 0.3) is 5.88 Å². The van der Waals surface area contributed by atoms with Crippen molar-refractivity contribution in [3.63, 3.8) is 0 Å². The highest BCUT2D eigenvalue weighted by Gasteiger charge is 2.39. The molecule has 12 heteroatoms. The molecule has 2 N–H and O–H groups in total. The number of imidazole rings is 1. The number of rotatable bonds is 11. The lowest BCUT2D eigenvalue weighted by atomic mass is 9.80. The van der Waals surface area contributed by atoms with E-state index in [1.807, 2.05) is 127 Å². The molecule has 0 fully saturated rings. The second-order valence-electron chi connectivity index (χ2n) is 12.9. The van der Waals surface area contributed by atoms with Crippen molar-refractivity contribution in [2.24, 2.45) is 0 Å². The van der Waals surface area contributed by atoms with Gasteiger partial charge in [0.05, 0.1) is 17.8 Å². The van der Waals surface area contributed by atoms with Gasteiger partial charge in [-0.25, -0.2) is 14.7 Å².